The first kappa shape index (κ1) is 21.1. The SMILES string of the molecule is CN=C(NCCCOCC(C)C)NCC(C)Oc1ccc(OC)cc1. The van der Waals surface area contributed by atoms with Crippen LogP contribution >= 0.6 is 0 Å². The summed E-state index contributed by atoms with van der Waals surface area (Å²) in [5.41, 5.74) is 0. The number of rotatable bonds is 11. The van der Waals surface area contributed by atoms with Gasteiger partial charge in [-0.15, -0.1) is 0 Å². The van der Waals surface area contributed by atoms with Crippen molar-refractivity contribution < 1.29 is 14.2 Å². The summed E-state index contributed by atoms with van der Waals surface area (Å²) in [5.74, 6) is 2.99. The highest BCUT2D eigenvalue weighted by Gasteiger charge is 2.06. The van der Waals surface area contributed by atoms with E-state index in [1.54, 1.807) is 14.2 Å². The fraction of sp³-hybridized carbons (Fsp3) is 0.632. The Hall–Kier alpha value is -1.95. The average molecular weight is 351 g/mol. The van der Waals surface area contributed by atoms with E-state index in [2.05, 4.69) is 29.5 Å². The molecule has 1 atom stereocenters. The first-order valence-electron chi connectivity index (χ1n) is 8.88. The maximum atomic E-state index is 5.87. The third-order valence-corrected chi connectivity index (χ3v) is 3.39. The van der Waals surface area contributed by atoms with Crippen molar-refractivity contribution in [3.8, 4) is 11.5 Å². The average Bonchev–Trinajstić information content (AvgIpc) is 2.60. The van der Waals surface area contributed by atoms with E-state index in [0.717, 1.165) is 43.6 Å². The van der Waals surface area contributed by atoms with Crippen LogP contribution in [0, 0.1) is 5.92 Å². The monoisotopic (exact) mass is 351 g/mol. The molecule has 25 heavy (non-hydrogen) atoms. The van der Waals surface area contributed by atoms with Crippen molar-refractivity contribution in [3.05, 3.63) is 24.3 Å². The van der Waals surface area contributed by atoms with Crippen molar-refractivity contribution in [2.45, 2.75) is 33.3 Å². The number of aliphatic imine (C=N–C) groups is 1. The highest BCUT2D eigenvalue weighted by molar-refractivity contribution is 5.79. The molecule has 6 nitrogen and oxygen atoms in total. The largest absolute Gasteiger partial charge is 0.497 e. The molecule has 0 radical (unpaired) electrons. The van der Waals surface area contributed by atoms with Crippen LogP contribution in [-0.2, 0) is 4.74 Å². The summed E-state index contributed by atoms with van der Waals surface area (Å²) in [5, 5.41) is 6.55. The lowest BCUT2D eigenvalue weighted by molar-refractivity contribution is 0.108. The molecule has 1 aromatic rings. The van der Waals surface area contributed by atoms with Crippen LogP contribution in [0.15, 0.2) is 29.3 Å². The highest BCUT2D eigenvalue weighted by atomic mass is 16.5. The Morgan fingerprint density at radius 1 is 1.08 bits per heavy atom. The van der Waals surface area contributed by atoms with Gasteiger partial charge in [-0.1, -0.05) is 13.8 Å². The van der Waals surface area contributed by atoms with Crippen molar-refractivity contribution in [1.82, 2.24) is 10.6 Å². The molecule has 0 aliphatic rings. The van der Waals surface area contributed by atoms with Crippen molar-refractivity contribution in [2.75, 3.05) is 40.5 Å². The molecule has 0 spiro atoms. The normalized spacial score (nSPS) is 12.8. The standard InChI is InChI=1S/C19H33N3O3/c1-15(2)14-24-12-6-11-21-19(20-4)22-13-16(3)25-18-9-7-17(23-5)8-10-18/h7-10,15-16H,6,11-14H2,1-5H3,(H2,20,21,22). The molecule has 0 aliphatic carbocycles. The predicted molar refractivity (Wildman–Crippen MR) is 103 cm³/mol. The molecule has 0 saturated heterocycles. The Balaban J connectivity index is 2.20. The van der Waals surface area contributed by atoms with Crippen LogP contribution in [-0.4, -0.2) is 52.5 Å². The van der Waals surface area contributed by atoms with E-state index in [-0.39, 0.29) is 6.10 Å². The molecule has 142 valence electrons. The topological polar surface area (TPSA) is 64.1 Å². The van der Waals surface area contributed by atoms with Gasteiger partial charge in [0.1, 0.15) is 17.6 Å². The summed E-state index contributed by atoms with van der Waals surface area (Å²) in [4.78, 5) is 4.22. The highest BCUT2D eigenvalue weighted by Crippen LogP contribution is 2.17. The van der Waals surface area contributed by atoms with Crippen LogP contribution < -0.4 is 20.1 Å². The molecule has 0 aliphatic heterocycles. The lowest BCUT2D eigenvalue weighted by atomic mass is 10.2. The van der Waals surface area contributed by atoms with Gasteiger partial charge in [0.15, 0.2) is 5.96 Å². The summed E-state index contributed by atoms with van der Waals surface area (Å²) in [6.45, 7) is 9.38. The third-order valence-electron chi connectivity index (χ3n) is 3.39. The molecule has 0 saturated carbocycles. The molecule has 1 rings (SSSR count). The van der Waals surface area contributed by atoms with Gasteiger partial charge in [-0.25, -0.2) is 0 Å². The van der Waals surface area contributed by atoms with Crippen LogP contribution in [0.3, 0.4) is 0 Å². The Bertz CT molecular complexity index is 489. The molecule has 1 aromatic carbocycles. The fourth-order valence-corrected chi connectivity index (χ4v) is 2.09. The zero-order valence-corrected chi connectivity index (χ0v) is 16.2. The number of hydrogen-bond donors (Lipinski definition) is 2. The number of nitrogens with zero attached hydrogens (tertiary/aromatic N) is 1. The van der Waals surface area contributed by atoms with Gasteiger partial charge >= 0.3 is 0 Å². The zero-order chi connectivity index (χ0) is 18.5. The second kappa shape index (κ2) is 12.4. The molecular formula is C19H33N3O3. The van der Waals surface area contributed by atoms with Gasteiger partial charge in [-0.2, -0.15) is 0 Å². The molecule has 0 fully saturated rings. The predicted octanol–water partition coefficient (Wildman–Crippen LogP) is 2.69. The van der Waals surface area contributed by atoms with Crippen LogP contribution in [0.25, 0.3) is 0 Å². The number of benzene rings is 1. The summed E-state index contributed by atoms with van der Waals surface area (Å²) in [7, 11) is 3.41. The van der Waals surface area contributed by atoms with Gasteiger partial charge in [-0.05, 0) is 43.5 Å². The number of hydrogen-bond acceptors (Lipinski definition) is 4. The van der Waals surface area contributed by atoms with E-state index in [1.807, 2.05) is 31.2 Å². The molecular weight excluding hydrogens is 318 g/mol. The maximum absolute atomic E-state index is 5.87. The van der Waals surface area contributed by atoms with Gasteiger partial charge in [0, 0.05) is 26.8 Å². The Morgan fingerprint density at radius 2 is 1.76 bits per heavy atom. The Labute approximate surface area is 152 Å². The van der Waals surface area contributed by atoms with E-state index < -0.39 is 0 Å². The quantitative estimate of drug-likeness (QED) is 0.365. The number of ether oxygens (including phenoxy) is 3. The van der Waals surface area contributed by atoms with Crippen LogP contribution in [0.1, 0.15) is 27.2 Å². The van der Waals surface area contributed by atoms with Gasteiger partial charge in [0.2, 0.25) is 0 Å². The van der Waals surface area contributed by atoms with E-state index in [1.165, 1.54) is 0 Å². The van der Waals surface area contributed by atoms with E-state index in [0.29, 0.717) is 12.5 Å². The minimum atomic E-state index is 0.0151. The Morgan fingerprint density at radius 3 is 2.36 bits per heavy atom. The van der Waals surface area contributed by atoms with E-state index in [4.69, 9.17) is 14.2 Å². The van der Waals surface area contributed by atoms with E-state index in [9.17, 15) is 0 Å². The van der Waals surface area contributed by atoms with Crippen molar-refractivity contribution in [1.29, 1.82) is 0 Å². The molecule has 1 unspecified atom stereocenters. The smallest absolute Gasteiger partial charge is 0.191 e. The number of methoxy groups -OCH3 is 1. The maximum Gasteiger partial charge on any atom is 0.191 e. The molecule has 6 heteroatoms. The minimum absolute atomic E-state index is 0.0151. The lowest BCUT2D eigenvalue weighted by Crippen LogP contribution is -2.42. The first-order chi connectivity index (χ1) is 12.0. The van der Waals surface area contributed by atoms with Crippen LogP contribution in [0.5, 0.6) is 11.5 Å². The van der Waals surface area contributed by atoms with Crippen LogP contribution in [0.2, 0.25) is 0 Å². The van der Waals surface area contributed by atoms with Gasteiger partial charge in [0.25, 0.3) is 0 Å². The second-order valence-electron chi connectivity index (χ2n) is 6.31. The molecule has 0 amide bonds. The summed E-state index contributed by atoms with van der Waals surface area (Å²) < 4.78 is 16.6. The summed E-state index contributed by atoms with van der Waals surface area (Å²) in [6, 6.07) is 7.58. The van der Waals surface area contributed by atoms with Crippen LogP contribution in [0.4, 0.5) is 0 Å². The van der Waals surface area contributed by atoms with Crippen molar-refractivity contribution >= 4 is 5.96 Å². The van der Waals surface area contributed by atoms with Crippen molar-refractivity contribution in [3.63, 3.8) is 0 Å². The van der Waals surface area contributed by atoms with Gasteiger partial charge in [0.05, 0.1) is 13.7 Å². The first-order valence-corrected chi connectivity index (χ1v) is 8.88. The van der Waals surface area contributed by atoms with Crippen molar-refractivity contribution in [2.24, 2.45) is 10.9 Å². The number of nitrogens with one attached hydrogen (secondary N) is 2. The minimum Gasteiger partial charge on any atom is -0.497 e. The molecule has 2 N–H and O–H groups in total. The van der Waals surface area contributed by atoms with E-state index >= 15 is 0 Å². The number of guanidine groups is 1. The van der Waals surface area contributed by atoms with Gasteiger partial charge in [-0.3, -0.25) is 4.99 Å². The molecule has 0 bridgehead atoms. The summed E-state index contributed by atoms with van der Waals surface area (Å²) >= 11 is 0. The molecule has 0 heterocycles. The van der Waals surface area contributed by atoms with Gasteiger partial charge < -0.3 is 24.8 Å². The lowest BCUT2D eigenvalue weighted by Gasteiger charge is -2.18. The Kier molecular flexibility index (Phi) is 10.5. The zero-order valence-electron chi connectivity index (χ0n) is 16.2. The third kappa shape index (κ3) is 9.82. The fourth-order valence-electron chi connectivity index (χ4n) is 2.09. The summed E-state index contributed by atoms with van der Waals surface area (Å²) in [6.07, 6.45) is 0.965. The molecule has 0 aromatic heterocycles. The second-order valence-corrected chi connectivity index (χ2v) is 6.31.